The number of Topliss-reactive ketones (excluding diaryl/α,β-unsaturated/α-hetero) is 1. The molecule has 0 spiro atoms. The Bertz CT molecular complexity index is 707. The fraction of sp³-hybridized carbons (Fsp3) is 0.154. The molecule has 0 saturated carbocycles. The van der Waals surface area contributed by atoms with Gasteiger partial charge in [-0.15, -0.1) is 11.3 Å². The molecule has 1 aromatic carbocycles. The molecule has 3 nitrogen and oxygen atoms in total. The van der Waals surface area contributed by atoms with Gasteiger partial charge < -0.3 is 0 Å². The minimum absolute atomic E-state index is 0.158. The van der Waals surface area contributed by atoms with Crippen molar-refractivity contribution in [1.82, 2.24) is 4.98 Å². The third kappa shape index (κ3) is 2.29. The van der Waals surface area contributed by atoms with Crippen LogP contribution in [0.4, 0.5) is 0 Å². The van der Waals surface area contributed by atoms with E-state index in [9.17, 15) is 4.79 Å². The number of fused-ring (bicyclic) bond motifs is 1. The molecule has 1 aromatic heterocycles. The highest BCUT2D eigenvalue weighted by Gasteiger charge is 2.32. The summed E-state index contributed by atoms with van der Waals surface area (Å²) in [5.41, 5.74) is 0.997. The first-order valence-corrected chi connectivity index (χ1v) is 8.47. The van der Waals surface area contributed by atoms with Crippen LogP contribution in [0.15, 0.2) is 27.5 Å². The monoisotopic (exact) mass is 342 g/mol. The average molecular weight is 343 g/mol. The zero-order valence-electron chi connectivity index (χ0n) is 10.3. The standard InChI is InChI=1S/C13H8Cl2N2OS2/c1-19-13-17-10-8(20-13)5-16-11(12(10)18)9-6(14)3-2-4-7(9)15/h2-5,11H,1H3. The first kappa shape index (κ1) is 14.1. The van der Waals surface area contributed by atoms with Crippen molar-refractivity contribution in [2.75, 3.05) is 6.26 Å². The maximum atomic E-state index is 12.6. The van der Waals surface area contributed by atoms with E-state index in [0.717, 1.165) is 9.22 Å². The molecule has 2 aromatic rings. The number of hydrogen-bond acceptors (Lipinski definition) is 5. The number of hydrogen-bond donors (Lipinski definition) is 0. The van der Waals surface area contributed by atoms with Crippen molar-refractivity contribution in [3.05, 3.63) is 44.4 Å². The summed E-state index contributed by atoms with van der Waals surface area (Å²) in [6.45, 7) is 0. The smallest absolute Gasteiger partial charge is 0.211 e. The van der Waals surface area contributed by atoms with Gasteiger partial charge in [0.15, 0.2) is 4.34 Å². The molecule has 3 rings (SSSR count). The van der Waals surface area contributed by atoms with Gasteiger partial charge in [-0.05, 0) is 18.4 Å². The molecule has 7 heteroatoms. The van der Waals surface area contributed by atoms with E-state index in [1.54, 1.807) is 24.4 Å². The first-order valence-electron chi connectivity index (χ1n) is 5.68. The van der Waals surface area contributed by atoms with Crippen molar-refractivity contribution in [1.29, 1.82) is 0 Å². The molecular formula is C13H8Cl2N2OS2. The number of carbonyl (C=O) groups excluding carboxylic acids is 1. The third-order valence-electron chi connectivity index (χ3n) is 2.90. The second kappa shape index (κ2) is 5.48. The largest absolute Gasteiger partial charge is 0.290 e. The van der Waals surface area contributed by atoms with Crippen molar-refractivity contribution in [2.45, 2.75) is 10.4 Å². The molecule has 1 aliphatic heterocycles. The van der Waals surface area contributed by atoms with Crippen LogP contribution in [0, 0.1) is 0 Å². The van der Waals surface area contributed by atoms with Gasteiger partial charge >= 0.3 is 0 Å². The van der Waals surface area contributed by atoms with Gasteiger partial charge in [0.05, 0.1) is 4.88 Å². The van der Waals surface area contributed by atoms with Crippen LogP contribution >= 0.6 is 46.3 Å². The summed E-state index contributed by atoms with van der Waals surface area (Å²) in [6, 6.07) is 4.44. The van der Waals surface area contributed by atoms with Gasteiger partial charge in [0.25, 0.3) is 0 Å². The van der Waals surface area contributed by atoms with Gasteiger partial charge in [0.1, 0.15) is 11.7 Å². The number of thiazole rings is 1. The summed E-state index contributed by atoms with van der Waals surface area (Å²) in [6.07, 6.45) is 3.60. The predicted molar refractivity (Wildman–Crippen MR) is 85.0 cm³/mol. The Morgan fingerprint density at radius 3 is 2.65 bits per heavy atom. The Morgan fingerprint density at radius 1 is 1.30 bits per heavy atom. The van der Waals surface area contributed by atoms with Gasteiger partial charge in [0.2, 0.25) is 5.78 Å². The number of aromatic nitrogens is 1. The van der Waals surface area contributed by atoms with Gasteiger partial charge in [-0.3, -0.25) is 9.79 Å². The highest BCUT2D eigenvalue weighted by molar-refractivity contribution is 8.00. The van der Waals surface area contributed by atoms with Crippen molar-refractivity contribution in [2.24, 2.45) is 4.99 Å². The quantitative estimate of drug-likeness (QED) is 0.753. The molecule has 0 radical (unpaired) electrons. The van der Waals surface area contributed by atoms with E-state index in [1.807, 2.05) is 6.26 Å². The Kier molecular flexibility index (Phi) is 3.86. The highest BCUT2D eigenvalue weighted by Crippen LogP contribution is 2.38. The first-order chi connectivity index (χ1) is 9.61. The average Bonchev–Trinajstić information content (AvgIpc) is 2.85. The van der Waals surface area contributed by atoms with Crippen LogP contribution in [0.25, 0.3) is 0 Å². The van der Waals surface area contributed by atoms with E-state index in [4.69, 9.17) is 23.2 Å². The molecule has 2 heterocycles. The number of aliphatic imine (C=N–C) groups is 1. The molecule has 1 atom stereocenters. The van der Waals surface area contributed by atoms with Crippen molar-refractivity contribution in [3.8, 4) is 0 Å². The molecule has 0 amide bonds. The van der Waals surface area contributed by atoms with E-state index in [-0.39, 0.29) is 5.78 Å². The van der Waals surface area contributed by atoms with E-state index >= 15 is 0 Å². The fourth-order valence-corrected chi connectivity index (χ4v) is 4.05. The molecular weight excluding hydrogens is 335 g/mol. The van der Waals surface area contributed by atoms with Gasteiger partial charge in [-0.2, -0.15) is 0 Å². The summed E-state index contributed by atoms with van der Waals surface area (Å²) < 4.78 is 0.848. The third-order valence-corrected chi connectivity index (χ3v) is 5.54. The summed E-state index contributed by atoms with van der Waals surface area (Å²) >= 11 is 15.3. The molecule has 20 heavy (non-hydrogen) atoms. The van der Waals surface area contributed by atoms with Crippen LogP contribution in [-0.2, 0) is 0 Å². The number of ketones is 1. The Balaban J connectivity index is 2.08. The minimum atomic E-state index is -0.708. The van der Waals surface area contributed by atoms with Crippen molar-refractivity contribution >= 4 is 58.3 Å². The zero-order valence-corrected chi connectivity index (χ0v) is 13.4. The summed E-state index contributed by atoms with van der Waals surface area (Å²) in [5.74, 6) is -0.158. The van der Waals surface area contributed by atoms with E-state index in [1.165, 1.54) is 23.1 Å². The van der Waals surface area contributed by atoms with Crippen LogP contribution < -0.4 is 0 Å². The van der Waals surface area contributed by atoms with Gasteiger partial charge in [-0.1, -0.05) is 41.0 Å². The maximum absolute atomic E-state index is 12.6. The Labute approximate surface area is 134 Å². The second-order valence-electron chi connectivity index (χ2n) is 4.08. The lowest BCUT2D eigenvalue weighted by atomic mass is 9.99. The van der Waals surface area contributed by atoms with E-state index < -0.39 is 6.04 Å². The second-order valence-corrected chi connectivity index (χ2v) is 6.98. The molecule has 0 saturated heterocycles. The molecule has 0 fully saturated rings. The van der Waals surface area contributed by atoms with Crippen molar-refractivity contribution in [3.63, 3.8) is 0 Å². The van der Waals surface area contributed by atoms with Crippen molar-refractivity contribution < 1.29 is 4.79 Å². The SMILES string of the molecule is CSc1nc2c(s1)C=NC(c1c(Cl)cccc1Cl)C2=O. The lowest BCUT2D eigenvalue weighted by Crippen LogP contribution is -2.18. The lowest BCUT2D eigenvalue weighted by molar-refractivity contribution is 0.0956. The number of benzene rings is 1. The fourth-order valence-electron chi connectivity index (χ4n) is 1.98. The Morgan fingerprint density at radius 2 is 2.00 bits per heavy atom. The summed E-state index contributed by atoms with van der Waals surface area (Å²) in [5, 5.41) is 0.883. The number of thioether (sulfide) groups is 1. The molecule has 1 aliphatic rings. The van der Waals surface area contributed by atoms with Crippen LogP contribution in [0.1, 0.15) is 27.0 Å². The molecule has 102 valence electrons. The highest BCUT2D eigenvalue weighted by atomic mass is 35.5. The van der Waals surface area contributed by atoms with Crippen LogP contribution in [0.3, 0.4) is 0 Å². The van der Waals surface area contributed by atoms with E-state index in [0.29, 0.717) is 21.3 Å². The summed E-state index contributed by atoms with van der Waals surface area (Å²) in [4.78, 5) is 22.0. The number of halogens is 2. The van der Waals surface area contributed by atoms with Gasteiger partial charge in [-0.25, -0.2) is 4.98 Å². The lowest BCUT2D eigenvalue weighted by Gasteiger charge is -2.17. The number of nitrogens with zero attached hydrogens (tertiary/aromatic N) is 2. The number of rotatable bonds is 2. The minimum Gasteiger partial charge on any atom is -0.290 e. The topological polar surface area (TPSA) is 42.3 Å². The maximum Gasteiger partial charge on any atom is 0.211 e. The summed E-state index contributed by atoms with van der Waals surface area (Å²) in [7, 11) is 0. The normalized spacial score (nSPS) is 17.4. The predicted octanol–water partition coefficient (Wildman–Crippen LogP) is 4.53. The Hall–Kier alpha value is -0.880. The molecule has 0 aliphatic carbocycles. The van der Waals surface area contributed by atoms with Crippen LogP contribution in [-0.4, -0.2) is 23.2 Å². The van der Waals surface area contributed by atoms with Gasteiger partial charge in [0, 0.05) is 21.8 Å². The van der Waals surface area contributed by atoms with E-state index in [2.05, 4.69) is 9.98 Å². The number of carbonyl (C=O) groups is 1. The molecule has 0 N–H and O–H groups in total. The van der Waals surface area contributed by atoms with Crippen LogP contribution in [0.2, 0.25) is 10.0 Å². The molecule has 1 unspecified atom stereocenters. The zero-order chi connectivity index (χ0) is 14.3. The van der Waals surface area contributed by atoms with Crippen LogP contribution in [0.5, 0.6) is 0 Å². The molecule has 0 bridgehead atoms.